The van der Waals surface area contributed by atoms with Crippen molar-refractivity contribution < 1.29 is 4.74 Å². The average Bonchev–Trinajstić information content (AvgIpc) is 2.58. The van der Waals surface area contributed by atoms with Crippen LogP contribution in [-0.4, -0.2) is 6.54 Å². The number of hydrogen-bond donors (Lipinski definition) is 1. The van der Waals surface area contributed by atoms with Gasteiger partial charge in [0.15, 0.2) is 0 Å². The summed E-state index contributed by atoms with van der Waals surface area (Å²) in [7, 11) is 0. The van der Waals surface area contributed by atoms with Crippen molar-refractivity contribution in [3.63, 3.8) is 0 Å². The van der Waals surface area contributed by atoms with Gasteiger partial charge in [-0.3, -0.25) is 0 Å². The minimum absolute atomic E-state index is 0. The Kier molecular flexibility index (Phi) is 11.2. The van der Waals surface area contributed by atoms with Crippen molar-refractivity contribution in [2.45, 2.75) is 45.8 Å². The number of rotatable bonds is 10. The topological polar surface area (TPSA) is 21.3 Å². The van der Waals surface area contributed by atoms with E-state index in [1.165, 1.54) is 25.7 Å². The van der Waals surface area contributed by atoms with Crippen molar-refractivity contribution >= 4 is 39.9 Å². The largest absolute Gasteiger partial charge is 0.489 e. The minimum Gasteiger partial charge on any atom is -0.489 e. The number of halogens is 3. The van der Waals surface area contributed by atoms with Crippen LogP contribution in [0.25, 0.3) is 0 Å². The average molecular weight is 447 g/mol. The molecule has 0 aliphatic rings. The fourth-order valence-corrected chi connectivity index (χ4v) is 3.10. The number of nitrogens with one attached hydrogen (secondary N) is 1. The molecule has 25 heavy (non-hydrogen) atoms. The summed E-state index contributed by atoms with van der Waals surface area (Å²) in [4.78, 5) is 0. The molecule has 138 valence electrons. The molecule has 2 aromatic carbocycles. The summed E-state index contributed by atoms with van der Waals surface area (Å²) in [5.74, 6) is 0.902. The predicted molar refractivity (Wildman–Crippen MR) is 113 cm³/mol. The fourth-order valence-electron chi connectivity index (χ4n) is 2.50. The first-order chi connectivity index (χ1) is 11.7. The van der Waals surface area contributed by atoms with E-state index in [0.29, 0.717) is 6.61 Å². The van der Waals surface area contributed by atoms with Crippen molar-refractivity contribution in [1.29, 1.82) is 0 Å². The highest BCUT2D eigenvalue weighted by Gasteiger charge is 2.06. The third kappa shape index (κ3) is 8.00. The lowest BCUT2D eigenvalue weighted by Crippen LogP contribution is -2.15. The van der Waals surface area contributed by atoms with Crippen molar-refractivity contribution in [1.82, 2.24) is 5.32 Å². The zero-order chi connectivity index (χ0) is 17.2. The molecule has 2 nitrogen and oxygen atoms in total. The van der Waals surface area contributed by atoms with Gasteiger partial charge in [-0.25, -0.2) is 0 Å². The van der Waals surface area contributed by atoms with Gasteiger partial charge in [0, 0.05) is 27.2 Å². The highest BCUT2D eigenvalue weighted by Crippen LogP contribution is 2.25. The maximum absolute atomic E-state index is 6.20. The van der Waals surface area contributed by atoms with E-state index in [2.05, 4.69) is 34.2 Å². The SMILES string of the molecule is CCCCCCNCc1cc(Br)ccc1OCc1ccccc1Cl.Cl. The van der Waals surface area contributed by atoms with Gasteiger partial charge in [-0.2, -0.15) is 0 Å². The molecule has 0 saturated heterocycles. The highest BCUT2D eigenvalue weighted by atomic mass is 79.9. The lowest BCUT2D eigenvalue weighted by atomic mass is 10.2. The lowest BCUT2D eigenvalue weighted by Gasteiger charge is -2.13. The molecule has 0 amide bonds. The van der Waals surface area contributed by atoms with Crippen LogP contribution < -0.4 is 10.1 Å². The predicted octanol–water partition coefficient (Wildman–Crippen LogP) is 6.77. The molecule has 0 spiro atoms. The molecule has 0 bridgehead atoms. The quantitative estimate of drug-likeness (QED) is 0.406. The van der Waals surface area contributed by atoms with Crippen LogP contribution in [-0.2, 0) is 13.2 Å². The van der Waals surface area contributed by atoms with Crippen molar-refractivity contribution in [3.05, 3.63) is 63.1 Å². The molecule has 0 heterocycles. The van der Waals surface area contributed by atoms with E-state index < -0.39 is 0 Å². The zero-order valence-corrected chi connectivity index (χ0v) is 17.7. The summed E-state index contributed by atoms with van der Waals surface area (Å²) in [5.41, 5.74) is 2.16. The van der Waals surface area contributed by atoms with Crippen LogP contribution in [0.5, 0.6) is 5.75 Å². The van der Waals surface area contributed by atoms with Crippen LogP contribution >= 0.6 is 39.9 Å². The molecule has 0 aliphatic heterocycles. The summed E-state index contributed by atoms with van der Waals surface area (Å²) < 4.78 is 7.07. The smallest absolute Gasteiger partial charge is 0.124 e. The zero-order valence-electron chi connectivity index (χ0n) is 14.6. The molecule has 5 heteroatoms. The van der Waals surface area contributed by atoms with E-state index in [9.17, 15) is 0 Å². The molecule has 0 radical (unpaired) electrons. The standard InChI is InChI=1S/C20H25BrClNO.ClH/c1-2-3-4-7-12-23-14-17-13-18(21)10-11-20(17)24-15-16-8-5-6-9-19(16)22;/h5-6,8-11,13,23H,2-4,7,12,14-15H2,1H3;1H. The maximum atomic E-state index is 6.20. The van der Waals surface area contributed by atoms with E-state index in [1.54, 1.807) is 0 Å². The normalized spacial score (nSPS) is 10.4. The first-order valence-corrected chi connectivity index (χ1v) is 9.73. The lowest BCUT2D eigenvalue weighted by molar-refractivity contribution is 0.302. The second-order valence-corrected chi connectivity index (χ2v) is 7.19. The van der Waals surface area contributed by atoms with Gasteiger partial charge in [-0.15, -0.1) is 12.4 Å². The third-order valence-corrected chi connectivity index (χ3v) is 4.75. The molecule has 2 aromatic rings. The van der Waals surface area contributed by atoms with Gasteiger partial charge < -0.3 is 10.1 Å². The van der Waals surface area contributed by atoms with Gasteiger partial charge in [0.25, 0.3) is 0 Å². The third-order valence-electron chi connectivity index (χ3n) is 3.89. The van der Waals surface area contributed by atoms with E-state index in [-0.39, 0.29) is 12.4 Å². The Labute approximate surface area is 170 Å². The van der Waals surface area contributed by atoms with Gasteiger partial charge in [0.2, 0.25) is 0 Å². The van der Waals surface area contributed by atoms with E-state index in [4.69, 9.17) is 16.3 Å². The number of ether oxygens (including phenoxy) is 1. The highest BCUT2D eigenvalue weighted by molar-refractivity contribution is 9.10. The Morgan fingerprint density at radius 2 is 1.84 bits per heavy atom. The van der Waals surface area contributed by atoms with E-state index in [0.717, 1.165) is 39.5 Å². The van der Waals surface area contributed by atoms with Crippen LogP contribution in [0.4, 0.5) is 0 Å². The number of hydrogen-bond acceptors (Lipinski definition) is 2. The van der Waals surface area contributed by atoms with Gasteiger partial charge in [-0.05, 0) is 37.2 Å². The van der Waals surface area contributed by atoms with Gasteiger partial charge in [0.05, 0.1) is 0 Å². The molecule has 0 fully saturated rings. The number of benzene rings is 2. The van der Waals surface area contributed by atoms with Gasteiger partial charge in [0.1, 0.15) is 12.4 Å². The molecule has 0 unspecified atom stereocenters. The van der Waals surface area contributed by atoms with Crippen LogP contribution in [0, 0.1) is 0 Å². The molecular formula is C20H26BrCl2NO. The molecule has 1 N–H and O–H groups in total. The molecule has 2 rings (SSSR count). The summed E-state index contributed by atoms with van der Waals surface area (Å²) in [6, 6.07) is 13.9. The molecular weight excluding hydrogens is 421 g/mol. The Morgan fingerprint density at radius 1 is 1.04 bits per heavy atom. The Balaban J connectivity index is 0.00000312. The molecule has 0 atom stereocenters. The van der Waals surface area contributed by atoms with E-state index in [1.807, 2.05) is 36.4 Å². The van der Waals surface area contributed by atoms with E-state index >= 15 is 0 Å². The van der Waals surface area contributed by atoms with Crippen LogP contribution in [0.2, 0.25) is 5.02 Å². The Morgan fingerprint density at radius 3 is 2.60 bits per heavy atom. The van der Waals surface area contributed by atoms with Gasteiger partial charge in [-0.1, -0.05) is 71.9 Å². The first kappa shape index (κ1) is 22.3. The number of unbranched alkanes of at least 4 members (excludes halogenated alkanes) is 3. The van der Waals surface area contributed by atoms with Crippen LogP contribution in [0.1, 0.15) is 43.7 Å². The summed E-state index contributed by atoms with van der Waals surface area (Å²) >= 11 is 9.74. The Bertz CT molecular complexity index is 637. The fraction of sp³-hybridized carbons (Fsp3) is 0.400. The molecule has 0 aliphatic carbocycles. The van der Waals surface area contributed by atoms with Crippen molar-refractivity contribution in [2.75, 3.05) is 6.54 Å². The molecule has 0 saturated carbocycles. The second-order valence-electron chi connectivity index (χ2n) is 5.87. The maximum Gasteiger partial charge on any atom is 0.124 e. The summed E-state index contributed by atoms with van der Waals surface area (Å²) in [6.45, 7) is 4.56. The van der Waals surface area contributed by atoms with Gasteiger partial charge >= 0.3 is 0 Å². The second kappa shape index (κ2) is 12.6. The van der Waals surface area contributed by atoms with Crippen LogP contribution in [0.15, 0.2) is 46.9 Å². The Hall–Kier alpha value is -0.740. The summed E-state index contributed by atoms with van der Waals surface area (Å²) in [5, 5.41) is 4.25. The van der Waals surface area contributed by atoms with Crippen molar-refractivity contribution in [2.24, 2.45) is 0 Å². The first-order valence-electron chi connectivity index (χ1n) is 8.56. The monoisotopic (exact) mass is 445 g/mol. The summed E-state index contributed by atoms with van der Waals surface area (Å²) in [6.07, 6.45) is 5.09. The molecule has 0 aromatic heterocycles. The van der Waals surface area contributed by atoms with Crippen molar-refractivity contribution in [3.8, 4) is 5.75 Å². The van der Waals surface area contributed by atoms with Crippen LogP contribution in [0.3, 0.4) is 0 Å². The minimum atomic E-state index is 0.